The number of hydrogen-bond acceptors (Lipinski definition) is 8. The van der Waals surface area contributed by atoms with E-state index in [2.05, 4.69) is 43.0 Å². The van der Waals surface area contributed by atoms with E-state index < -0.39 is 0 Å². The van der Waals surface area contributed by atoms with Crippen molar-refractivity contribution in [2.24, 2.45) is 11.7 Å². The van der Waals surface area contributed by atoms with Crippen LogP contribution in [0.25, 0.3) is 11.5 Å². The molecule has 0 aromatic carbocycles. The van der Waals surface area contributed by atoms with Crippen LogP contribution in [0.4, 0.5) is 0 Å². The molecular formula is C24H32N6O2. The van der Waals surface area contributed by atoms with Crippen LogP contribution >= 0.6 is 0 Å². The van der Waals surface area contributed by atoms with Gasteiger partial charge in [0.25, 0.3) is 0 Å². The van der Waals surface area contributed by atoms with Gasteiger partial charge in [0.1, 0.15) is 5.69 Å². The van der Waals surface area contributed by atoms with E-state index in [9.17, 15) is 4.79 Å². The second kappa shape index (κ2) is 13.2. The Morgan fingerprint density at radius 1 is 1.09 bits per heavy atom. The molecule has 0 aliphatic heterocycles. The maximum atomic E-state index is 9.90. The number of aromatic nitrogens is 5. The highest BCUT2D eigenvalue weighted by Crippen LogP contribution is 2.49. The van der Waals surface area contributed by atoms with E-state index in [-0.39, 0.29) is 5.41 Å². The number of nitrogens with zero attached hydrogens (tertiary/aromatic N) is 5. The van der Waals surface area contributed by atoms with E-state index in [1.54, 1.807) is 12.4 Å². The quantitative estimate of drug-likeness (QED) is 0.473. The van der Waals surface area contributed by atoms with Crippen LogP contribution in [0.5, 0.6) is 0 Å². The fourth-order valence-corrected chi connectivity index (χ4v) is 3.92. The van der Waals surface area contributed by atoms with Crippen LogP contribution in [-0.2, 0) is 5.41 Å². The lowest BCUT2D eigenvalue weighted by molar-refractivity contribution is 0.111. The molecule has 2 aliphatic carbocycles. The lowest BCUT2D eigenvalue weighted by Gasteiger charge is -2.23. The predicted octanol–water partition coefficient (Wildman–Crippen LogP) is 4.41. The molecule has 1 saturated carbocycles. The van der Waals surface area contributed by atoms with Crippen molar-refractivity contribution in [1.82, 2.24) is 25.1 Å². The van der Waals surface area contributed by atoms with Gasteiger partial charge in [-0.25, -0.2) is 0 Å². The van der Waals surface area contributed by atoms with Crippen molar-refractivity contribution < 1.29 is 9.21 Å². The smallest absolute Gasteiger partial charge is 0.249 e. The Morgan fingerprint density at radius 3 is 2.56 bits per heavy atom. The minimum atomic E-state index is 0.0988. The Labute approximate surface area is 189 Å². The zero-order chi connectivity index (χ0) is 23.2. The van der Waals surface area contributed by atoms with Gasteiger partial charge in [-0.15, -0.1) is 10.2 Å². The molecule has 1 fully saturated rings. The topological polar surface area (TPSA) is 121 Å². The monoisotopic (exact) mass is 436 g/mol. The predicted molar refractivity (Wildman–Crippen MR) is 124 cm³/mol. The number of rotatable bonds is 3. The highest BCUT2D eigenvalue weighted by molar-refractivity contribution is 5.70. The molecule has 5 rings (SSSR count). The van der Waals surface area contributed by atoms with Gasteiger partial charge in [0, 0.05) is 30.2 Å². The van der Waals surface area contributed by atoms with Gasteiger partial charge in [-0.2, -0.15) is 0 Å². The minimum absolute atomic E-state index is 0.0988. The normalized spacial score (nSPS) is 20.3. The Morgan fingerprint density at radius 2 is 1.91 bits per heavy atom. The van der Waals surface area contributed by atoms with Crippen molar-refractivity contribution in [3.8, 4) is 11.5 Å². The lowest BCUT2D eigenvalue weighted by atomic mass is 9.81. The molecule has 3 aromatic heterocycles. The first-order chi connectivity index (χ1) is 15.8. The zero-order valence-corrected chi connectivity index (χ0v) is 19.0. The number of allylic oxidation sites excluding steroid dienone is 2. The zero-order valence-electron chi connectivity index (χ0n) is 19.0. The van der Waals surface area contributed by atoms with Gasteiger partial charge in [-0.3, -0.25) is 19.7 Å². The van der Waals surface area contributed by atoms with Gasteiger partial charge >= 0.3 is 0 Å². The third-order valence-corrected chi connectivity index (χ3v) is 5.34. The summed E-state index contributed by atoms with van der Waals surface area (Å²) in [5.74, 6) is 2.09. The van der Waals surface area contributed by atoms with Gasteiger partial charge in [0.2, 0.25) is 11.8 Å². The van der Waals surface area contributed by atoms with E-state index >= 15 is 0 Å². The molecule has 32 heavy (non-hydrogen) atoms. The van der Waals surface area contributed by atoms with E-state index in [0.717, 1.165) is 37.1 Å². The van der Waals surface area contributed by atoms with Crippen molar-refractivity contribution in [3.05, 3.63) is 66.9 Å². The van der Waals surface area contributed by atoms with Crippen molar-refractivity contribution in [2.45, 2.75) is 51.4 Å². The number of carbonyl (C=O) groups excluding carboxylic acids is 1. The van der Waals surface area contributed by atoms with Crippen molar-refractivity contribution in [3.63, 3.8) is 0 Å². The Balaban J connectivity index is 0.000000255. The summed E-state index contributed by atoms with van der Waals surface area (Å²) in [6.07, 6.45) is 19.0. The second-order valence-electron chi connectivity index (χ2n) is 7.15. The van der Waals surface area contributed by atoms with Gasteiger partial charge in [0.05, 0.1) is 11.8 Å². The van der Waals surface area contributed by atoms with Crippen molar-refractivity contribution >= 4 is 6.29 Å². The fraction of sp³-hybridized carbons (Fsp3) is 0.417. The van der Waals surface area contributed by atoms with E-state index in [1.165, 1.54) is 32.1 Å². The summed E-state index contributed by atoms with van der Waals surface area (Å²) in [4.78, 5) is 21.3. The van der Waals surface area contributed by atoms with Crippen LogP contribution < -0.4 is 5.73 Å². The van der Waals surface area contributed by atoms with Gasteiger partial charge in [0.15, 0.2) is 6.29 Å². The standard InChI is InChI=1S/C16H17N3O.C5H4N2O.C2H6.CH5N/c1-2-7-16(8-6-12(4-1)10-16)15-19-18-14(20-15)13-5-3-9-17-11-13;8-4-5-3-6-1-2-7-5;2*1-2/h1,3-5,9,11-12H,2,6-8,10H2;1-4H;1-2H3;2H2,1H3. The number of hydrogen-bond donors (Lipinski definition) is 1. The first kappa shape index (κ1) is 25.0. The largest absolute Gasteiger partial charge is 0.420 e. The van der Waals surface area contributed by atoms with Crippen molar-refractivity contribution in [2.75, 3.05) is 7.05 Å². The first-order valence-corrected chi connectivity index (χ1v) is 11.0. The third kappa shape index (κ3) is 6.37. The van der Waals surface area contributed by atoms with E-state index in [1.807, 2.05) is 26.0 Å². The van der Waals surface area contributed by atoms with Crippen LogP contribution in [0.3, 0.4) is 0 Å². The SMILES string of the molecule is C1=CC2CCC(c3nnc(-c4cccnc4)o3)(CC1)C2.CC.CN.O=Cc1cnccn1. The molecule has 2 atom stereocenters. The highest BCUT2D eigenvalue weighted by Gasteiger charge is 2.44. The van der Waals surface area contributed by atoms with Crippen LogP contribution in [0.1, 0.15) is 62.3 Å². The molecule has 8 heteroatoms. The molecule has 170 valence electrons. The molecule has 8 nitrogen and oxygen atoms in total. The van der Waals surface area contributed by atoms with Gasteiger partial charge in [-0.05, 0) is 57.2 Å². The number of pyridine rings is 1. The van der Waals surface area contributed by atoms with Gasteiger partial charge < -0.3 is 10.2 Å². The number of carbonyl (C=O) groups is 1. The average molecular weight is 437 g/mol. The maximum Gasteiger partial charge on any atom is 0.249 e. The molecule has 3 heterocycles. The summed E-state index contributed by atoms with van der Waals surface area (Å²) < 4.78 is 6.00. The summed E-state index contributed by atoms with van der Waals surface area (Å²) in [6, 6.07) is 3.84. The lowest BCUT2D eigenvalue weighted by Crippen LogP contribution is -2.22. The second-order valence-corrected chi connectivity index (χ2v) is 7.15. The molecule has 0 amide bonds. The summed E-state index contributed by atoms with van der Waals surface area (Å²) in [5, 5.41) is 8.58. The number of fused-ring (bicyclic) bond motifs is 2. The van der Waals surface area contributed by atoms with E-state index in [0.29, 0.717) is 23.8 Å². The van der Waals surface area contributed by atoms with Crippen LogP contribution in [0, 0.1) is 5.92 Å². The number of nitrogens with two attached hydrogens (primary N) is 1. The molecule has 3 aromatic rings. The Bertz CT molecular complexity index is 945. The van der Waals surface area contributed by atoms with Crippen molar-refractivity contribution in [1.29, 1.82) is 0 Å². The molecule has 0 radical (unpaired) electrons. The first-order valence-electron chi connectivity index (χ1n) is 11.0. The van der Waals surface area contributed by atoms with Crippen LogP contribution in [0.15, 0.2) is 59.7 Å². The summed E-state index contributed by atoms with van der Waals surface area (Å²) in [5.41, 5.74) is 5.86. The molecule has 2 unspecified atom stereocenters. The molecular weight excluding hydrogens is 404 g/mol. The molecule has 0 saturated heterocycles. The Hall–Kier alpha value is -3.26. The van der Waals surface area contributed by atoms with Crippen LogP contribution in [-0.4, -0.2) is 38.5 Å². The molecule has 2 bridgehead atoms. The average Bonchev–Trinajstić information content (AvgIpc) is 3.48. The van der Waals surface area contributed by atoms with E-state index in [4.69, 9.17) is 4.42 Å². The summed E-state index contributed by atoms with van der Waals surface area (Å²) in [6.45, 7) is 4.00. The molecule has 2 aliphatic rings. The maximum absolute atomic E-state index is 9.90. The summed E-state index contributed by atoms with van der Waals surface area (Å²) in [7, 11) is 1.50. The number of aldehydes is 1. The third-order valence-electron chi connectivity index (χ3n) is 5.34. The fourth-order valence-electron chi connectivity index (χ4n) is 3.92. The summed E-state index contributed by atoms with van der Waals surface area (Å²) >= 11 is 0. The molecule has 2 N–H and O–H groups in total. The Kier molecular flexibility index (Phi) is 10.3. The minimum Gasteiger partial charge on any atom is -0.420 e. The van der Waals surface area contributed by atoms with Crippen LogP contribution in [0.2, 0.25) is 0 Å². The highest BCUT2D eigenvalue weighted by atomic mass is 16.4. The molecule has 0 spiro atoms. The van der Waals surface area contributed by atoms with Gasteiger partial charge in [-0.1, -0.05) is 26.0 Å².